The fraction of sp³-hybridized carbons (Fsp3) is 0.263. The molecule has 0 saturated carbocycles. The summed E-state index contributed by atoms with van der Waals surface area (Å²) in [6.45, 7) is -0.383. The second-order valence-corrected chi connectivity index (χ2v) is 6.67. The van der Waals surface area contributed by atoms with Gasteiger partial charge in [0.15, 0.2) is 0 Å². The molecule has 3 rings (SSSR count). The Bertz CT molecular complexity index is 1030. The number of rotatable bonds is 6. The van der Waals surface area contributed by atoms with E-state index in [1.807, 2.05) is 0 Å². The minimum atomic E-state index is -4.89. The van der Waals surface area contributed by atoms with E-state index in [-0.39, 0.29) is 30.8 Å². The van der Waals surface area contributed by atoms with Crippen molar-refractivity contribution in [2.75, 3.05) is 11.4 Å². The van der Waals surface area contributed by atoms with Crippen LogP contribution in [0.15, 0.2) is 42.5 Å². The van der Waals surface area contributed by atoms with E-state index in [0.717, 1.165) is 23.1 Å². The lowest BCUT2D eigenvalue weighted by Crippen LogP contribution is -2.33. The predicted octanol–water partition coefficient (Wildman–Crippen LogP) is 3.30. The summed E-state index contributed by atoms with van der Waals surface area (Å²) in [5.41, 5.74) is -0.652. The minimum absolute atomic E-state index is 0.0670. The Morgan fingerprint density at radius 1 is 1.26 bits per heavy atom. The third-order valence-electron chi connectivity index (χ3n) is 4.59. The van der Waals surface area contributed by atoms with Gasteiger partial charge in [-0.3, -0.25) is 19.7 Å². The minimum Gasteiger partial charge on any atom is -0.405 e. The van der Waals surface area contributed by atoms with Crippen LogP contribution < -0.4 is 15.0 Å². The molecule has 1 aliphatic heterocycles. The molecule has 2 amide bonds. The van der Waals surface area contributed by atoms with Crippen LogP contribution in [0.3, 0.4) is 0 Å². The molecule has 1 fully saturated rings. The van der Waals surface area contributed by atoms with Gasteiger partial charge in [0.2, 0.25) is 17.6 Å². The van der Waals surface area contributed by atoms with Crippen LogP contribution in [0.4, 0.5) is 28.9 Å². The lowest BCUT2D eigenvalue weighted by Gasteiger charge is -2.17. The van der Waals surface area contributed by atoms with E-state index in [1.165, 1.54) is 24.3 Å². The Hall–Kier alpha value is -3.70. The van der Waals surface area contributed by atoms with Crippen molar-refractivity contribution in [3.8, 4) is 5.75 Å². The zero-order chi connectivity index (χ0) is 22.8. The van der Waals surface area contributed by atoms with Crippen LogP contribution in [0, 0.1) is 21.8 Å². The summed E-state index contributed by atoms with van der Waals surface area (Å²) in [6.07, 6.45) is -5.10. The highest BCUT2D eigenvalue weighted by molar-refractivity contribution is 6.00. The van der Waals surface area contributed by atoms with Gasteiger partial charge in [0, 0.05) is 31.1 Å². The molecule has 1 heterocycles. The van der Waals surface area contributed by atoms with Gasteiger partial charge < -0.3 is 15.0 Å². The maximum absolute atomic E-state index is 13.5. The van der Waals surface area contributed by atoms with Gasteiger partial charge in [-0.05, 0) is 18.2 Å². The summed E-state index contributed by atoms with van der Waals surface area (Å²) >= 11 is 0. The number of nitrogens with zero attached hydrogens (tertiary/aromatic N) is 2. The van der Waals surface area contributed by atoms with Gasteiger partial charge in [-0.2, -0.15) is 4.39 Å². The maximum atomic E-state index is 13.5. The second kappa shape index (κ2) is 8.58. The quantitative estimate of drug-likeness (QED) is 0.421. The Morgan fingerprint density at radius 2 is 1.97 bits per heavy atom. The number of hydrogen-bond acceptors (Lipinski definition) is 5. The molecule has 164 valence electrons. The van der Waals surface area contributed by atoms with E-state index < -0.39 is 46.3 Å². The number of carbonyl (C=O) groups excluding carboxylic acids is 2. The topological polar surface area (TPSA) is 102 Å². The summed E-state index contributed by atoms with van der Waals surface area (Å²) in [7, 11) is 0. The first-order valence-corrected chi connectivity index (χ1v) is 8.91. The Labute approximate surface area is 172 Å². The third-order valence-corrected chi connectivity index (χ3v) is 4.59. The number of anilines is 1. The van der Waals surface area contributed by atoms with Crippen molar-refractivity contribution in [3.63, 3.8) is 0 Å². The van der Waals surface area contributed by atoms with Crippen LogP contribution in [-0.4, -0.2) is 29.6 Å². The molecule has 8 nitrogen and oxygen atoms in total. The molecule has 31 heavy (non-hydrogen) atoms. The van der Waals surface area contributed by atoms with Crippen molar-refractivity contribution in [2.45, 2.75) is 19.3 Å². The number of halogens is 4. The summed E-state index contributed by atoms with van der Waals surface area (Å²) in [5, 5.41) is 13.4. The largest absolute Gasteiger partial charge is 0.573 e. The van der Waals surface area contributed by atoms with E-state index in [9.17, 15) is 37.3 Å². The first-order valence-electron chi connectivity index (χ1n) is 8.91. The van der Waals surface area contributed by atoms with Crippen LogP contribution in [0.1, 0.15) is 12.0 Å². The maximum Gasteiger partial charge on any atom is 0.573 e. The van der Waals surface area contributed by atoms with Crippen molar-refractivity contribution < 1.29 is 36.8 Å². The van der Waals surface area contributed by atoms with Crippen LogP contribution in [-0.2, 0) is 16.1 Å². The van der Waals surface area contributed by atoms with Crippen molar-refractivity contribution in [3.05, 3.63) is 64.0 Å². The van der Waals surface area contributed by atoms with Crippen LogP contribution in [0.5, 0.6) is 5.75 Å². The number of nitro groups is 1. The summed E-state index contributed by atoms with van der Waals surface area (Å²) in [5.74, 6) is -3.45. The molecular formula is C19H15F4N3O5. The highest BCUT2D eigenvalue weighted by atomic mass is 19.4. The fourth-order valence-electron chi connectivity index (χ4n) is 3.14. The summed E-state index contributed by atoms with van der Waals surface area (Å²) in [4.78, 5) is 35.8. The standard InChI is InChI=1S/C19H15F4N3O5/c20-14-6-5-13(8-15(14)26(29)30)25-10-12(7-17(25)27)18(28)24-9-11-3-1-2-4-16(11)31-19(21,22)23/h1-6,8,12H,7,9-10H2,(H,24,28). The van der Waals surface area contributed by atoms with E-state index >= 15 is 0 Å². The monoisotopic (exact) mass is 441 g/mol. The normalized spacial score (nSPS) is 16.3. The van der Waals surface area contributed by atoms with Crippen LogP contribution >= 0.6 is 0 Å². The Morgan fingerprint density at radius 3 is 2.65 bits per heavy atom. The Balaban J connectivity index is 1.67. The predicted molar refractivity (Wildman–Crippen MR) is 98.5 cm³/mol. The zero-order valence-corrected chi connectivity index (χ0v) is 15.7. The summed E-state index contributed by atoms with van der Waals surface area (Å²) in [6, 6.07) is 8.23. The number of amides is 2. The van der Waals surface area contributed by atoms with E-state index in [0.29, 0.717) is 0 Å². The molecular weight excluding hydrogens is 426 g/mol. The average molecular weight is 441 g/mol. The molecule has 1 saturated heterocycles. The molecule has 0 aliphatic carbocycles. The number of nitro benzene ring substituents is 1. The van der Waals surface area contributed by atoms with Crippen molar-refractivity contribution in [1.82, 2.24) is 5.32 Å². The average Bonchev–Trinajstić information content (AvgIpc) is 3.08. The van der Waals surface area contributed by atoms with Gasteiger partial charge in [0.05, 0.1) is 16.5 Å². The molecule has 1 aliphatic rings. The first-order chi connectivity index (χ1) is 14.5. The number of hydrogen-bond donors (Lipinski definition) is 1. The van der Waals surface area contributed by atoms with Gasteiger partial charge in [0.1, 0.15) is 5.75 Å². The van der Waals surface area contributed by atoms with Gasteiger partial charge >= 0.3 is 12.0 Å². The fourth-order valence-corrected chi connectivity index (χ4v) is 3.14. The lowest BCUT2D eigenvalue weighted by molar-refractivity contribution is -0.387. The van der Waals surface area contributed by atoms with Gasteiger partial charge in [-0.15, -0.1) is 13.2 Å². The zero-order valence-electron chi connectivity index (χ0n) is 15.7. The third kappa shape index (κ3) is 5.27. The van der Waals surface area contributed by atoms with Gasteiger partial charge in [-0.1, -0.05) is 18.2 Å². The molecule has 2 aromatic carbocycles. The SMILES string of the molecule is O=C(NCc1ccccc1OC(F)(F)F)C1CC(=O)N(c2ccc(F)c([N+](=O)[O-])c2)C1. The second-order valence-electron chi connectivity index (χ2n) is 6.67. The molecule has 0 radical (unpaired) electrons. The molecule has 1 N–H and O–H groups in total. The van der Waals surface area contributed by atoms with Crippen LogP contribution in [0.2, 0.25) is 0 Å². The molecule has 1 atom stereocenters. The highest BCUT2D eigenvalue weighted by Crippen LogP contribution is 2.30. The van der Waals surface area contributed by atoms with E-state index in [1.54, 1.807) is 0 Å². The molecule has 2 aromatic rings. The van der Waals surface area contributed by atoms with Crippen LogP contribution in [0.25, 0.3) is 0 Å². The number of ether oxygens (including phenoxy) is 1. The number of nitrogens with one attached hydrogen (secondary N) is 1. The highest BCUT2D eigenvalue weighted by Gasteiger charge is 2.36. The molecule has 0 aromatic heterocycles. The molecule has 12 heteroatoms. The van der Waals surface area contributed by atoms with Gasteiger partial charge in [-0.25, -0.2) is 0 Å². The number of para-hydroxylation sites is 1. The van der Waals surface area contributed by atoms with Crippen molar-refractivity contribution in [1.29, 1.82) is 0 Å². The lowest BCUT2D eigenvalue weighted by atomic mass is 10.1. The molecule has 1 unspecified atom stereocenters. The molecule has 0 spiro atoms. The smallest absolute Gasteiger partial charge is 0.405 e. The number of benzene rings is 2. The van der Waals surface area contributed by atoms with E-state index in [2.05, 4.69) is 10.1 Å². The number of carbonyl (C=O) groups is 2. The summed E-state index contributed by atoms with van der Waals surface area (Å²) < 4.78 is 54.9. The number of alkyl halides is 3. The van der Waals surface area contributed by atoms with Crippen molar-refractivity contribution in [2.24, 2.45) is 5.92 Å². The molecule has 0 bridgehead atoms. The first kappa shape index (κ1) is 22.0. The Kier molecular flexibility index (Phi) is 6.09. The van der Waals surface area contributed by atoms with E-state index in [4.69, 9.17) is 0 Å². The van der Waals surface area contributed by atoms with Gasteiger partial charge in [0.25, 0.3) is 0 Å². The van der Waals surface area contributed by atoms with Crippen molar-refractivity contribution >= 4 is 23.2 Å².